The number of carbonyl (C=O) groups is 3. The topological polar surface area (TPSA) is 60.4 Å². The van der Waals surface area contributed by atoms with Crippen LogP contribution in [-0.2, 0) is 14.3 Å². The summed E-state index contributed by atoms with van der Waals surface area (Å²) in [5.41, 5.74) is 1.47. The maximum absolute atomic E-state index is 12.4. The number of carbonyl (C=O) groups excluding carboxylic acids is 3. The lowest BCUT2D eigenvalue weighted by Crippen LogP contribution is -2.39. The van der Waals surface area contributed by atoms with Gasteiger partial charge in [-0.05, 0) is 19.1 Å². The molecule has 0 bridgehead atoms. The van der Waals surface area contributed by atoms with Crippen molar-refractivity contribution in [2.24, 2.45) is 5.92 Å². The van der Waals surface area contributed by atoms with Crippen molar-refractivity contribution in [3.63, 3.8) is 0 Å². The van der Waals surface area contributed by atoms with Gasteiger partial charge in [-0.3, -0.25) is 9.59 Å². The molecule has 0 fully saturated rings. The van der Waals surface area contributed by atoms with Gasteiger partial charge in [-0.25, -0.2) is 4.79 Å². The van der Waals surface area contributed by atoms with Gasteiger partial charge in [0.25, 0.3) is 5.78 Å². The second-order valence-corrected chi connectivity index (χ2v) is 5.94. The van der Waals surface area contributed by atoms with E-state index < -0.39 is 17.7 Å². The predicted octanol–water partition coefficient (Wildman–Crippen LogP) is 2.03. The first kappa shape index (κ1) is 13.8. The molecular formula is C14H14O4S. The van der Waals surface area contributed by atoms with Gasteiger partial charge < -0.3 is 4.74 Å². The van der Waals surface area contributed by atoms with Crippen LogP contribution in [0, 0.1) is 12.8 Å². The van der Waals surface area contributed by atoms with Crippen LogP contribution in [0.1, 0.15) is 22.8 Å². The molecule has 2 rings (SSSR count). The maximum Gasteiger partial charge on any atom is 0.375 e. The zero-order valence-electron chi connectivity index (χ0n) is 10.9. The van der Waals surface area contributed by atoms with E-state index in [2.05, 4.69) is 4.74 Å². The number of aryl methyl sites for hydroxylation is 1. The Labute approximate surface area is 115 Å². The molecule has 1 heterocycles. The Bertz CT molecular complexity index is 565. The molecule has 0 N–H and O–H groups in total. The number of hydrogen-bond donors (Lipinski definition) is 0. The summed E-state index contributed by atoms with van der Waals surface area (Å²) in [5.74, 6) is -2.96. The van der Waals surface area contributed by atoms with Gasteiger partial charge in [-0.15, -0.1) is 11.8 Å². The van der Waals surface area contributed by atoms with E-state index in [1.807, 2.05) is 19.1 Å². The largest absolute Gasteiger partial charge is 0.463 e. The van der Waals surface area contributed by atoms with E-state index in [1.54, 1.807) is 13.0 Å². The SMILES string of the molecule is COC(=O)C(=O)C1C(=O)c2cc(C)ccc2SC1C. The fourth-order valence-corrected chi connectivity index (χ4v) is 3.36. The molecule has 19 heavy (non-hydrogen) atoms. The van der Waals surface area contributed by atoms with E-state index >= 15 is 0 Å². The molecule has 0 radical (unpaired) electrons. The summed E-state index contributed by atoms with van der Waals surface area (Å²) >= 11 is 1.44. The van der Waals surface area contributed by atoms with Crippen LogP contribution in [0.2, 0.25) is 0 Å². The number of benzene rings is 1. The van der Waals surface area contributed by atoms with Gasteiger partial charge in [-0.1, -0.05) is 18.6 Å². The molecule has 1 aliphatic heterocycles. The second-order valence-electron chi connectivity index (χ2n) is 4.52. The Balaban J connectivity index is 2.42. The minimum absolute atomic E-state index is 0.269. The van der Waals surface area contributed by atoms with E-state index in [4.69, 9.17) is 0 Å². The molecule has 2 unspecified atom stereocenters. The monoisotopic (exact) mass is 278 g/mol. The molecule has 0 spiro atoms. The first-order chi connectivity index (χ1) is 8.95. The molecule has 1 aromatic rings. The quantitative estimate of drug-likeness (QED) is 0.470. The number of ketones is 2. The number of methoxy groups -OCH3 is 1. The van der Waals surface area contributed by atoms with Crippen molar-refractivity contribution in [2.45, 2.75) is 24.0 Å². The third-order valence-corrected chi connectivity index (χ3v) is 4.39. The van der Waals surface area contributed by atoms with Gasteiger partial charge in [0.2, 0.25) is 0 Å². The van der Waals surface area contributed by atoms with Crippen LogP contribution in [0.15, 0.2) is 23.1 Å². The summed E-state index contributed by atoms with van der Waals surface area (Å²) in [4.78, 5) is 36.5. The van der Waals surface area contributed by atoms with Crippen LogP contribution in [0.4, 0.5) is 0 Å². The smallest absolute Gasteiger partial charge is 0.375 e. The zero-order chi connectivity index (χ0) is 14.2. The molecule has 0 aliphatic carbocycles. The highest BCUT2D eigenvalue weighted by atomic mass is 32.2. The van der Waals surface area contributed by atoms with E-state index in [1.165, 1.54) is 11.8 Å². The van der Waals surface area contributed by atoms with Gasteiger partial charge in [-0.2, -0.15) is 0 Å². The van der Waals surface area contributed by atoms with Gasteiger partial charge in [0.05, 0.1) is 7.11 Å². The summed E-state index contributed by atoms with van der Waals surface area (Å²) < 4.78 is 4.42. The number of thioether (sulfide) groups is 1. The average molecular weight is 278 g/mol. The Hall–Kier alpha value is -1.62. The lowest BCUT2D eigenvalue weighted by molar-refractivity contribution is -0.152. The number of ether oxygens (including phenoxy) is 1. The van der Waals surface area contributed by atoms with Crippen molar-refractivity contribution < 1.29 is 19.1 Å². The molecule has 1 aliphatic rings. The fourth-order valence-electron chi connectivity index (χ4n) is 2.15. The molecule has 4 nitrogen and oxygen atoms in total. The summed E-state index contributed by atoms with van der Waals surface area (Å²) in [6.45, 7) is 3.66. The average Bonchev–Trinajstić information content (AvgIpc) is 2.38. The van der Waals surface area contributed by atoms with Crippen LogP contribution in [0.3, 0.4) is 0 Å². The number of rotatable bonds is 2. The molecule has 0 saturated carbocycles. The molecular weight excluding hydrogens is 264 g/mol. The highest BCUT2D eigenvalue weighted by molar-refractivity contribution is 8.00. The number of esters is 1. The fraction of sp³-hybridized carbons (Fsp3) is 0.357. The number of fused-ring (bicyclic) bond motifs is 1. The highest BCUT2D eigenvalue weighted by Crippen LogP contribution is 2.39. The zero-order valence-corrected chi connectivity index (χ0v) is 11.7. The third-order valence-electron chi connectivity index (χ3n) is 3.13. The van der Waals surface area contributed by atoms with Crippen molar-refractivity contribution in [1.82, 2.24) is 0 Å². The van der Waals surface area contributed by atoms with E-state index in [0.717, 1.165) is 17.6 Å². The Kier molecular flexibility index (Phi) is 3.75. The van der Waals surface area contributed by atoms with Crippen molar-refractivity contribution in [3.8, 4) is 0 Å². The lowest BCUT2D eigenvalue weighted by Gasteiger charge is -2.27. The number of Topliss-reactive ketones (excluding diaryl/α,β-unsaturated/α-hetero) is 2. The lowest BCUT2D eigenvalue weighted by atomic mass is 9.89. The van der Waals surface area contributed by atoms with Crippen molar-refractivity contribution in [2.75, 3.05) is 7.11 Å². The number of hydrogen-bond acceptors (Lipinski definition) is 5. The molecule has 0 aromatic heterocycles. The van der Waals surface area contributed by atoms with Crippen LogP contribution >= 0.6 is 11.8 Å². The second kappa shape index (κ2) is 5.17. The highest BCUT2D eigenvalue weighted by Gasteiger charge is 2.41. The van der Waals surface area contributed by atoms with Gasteiger partial charge in [0.15, 0.2) is 5.78 Å². The molecule has 5 heteroatoms. The summed E-state index contributed by atoms with van der Waals surface area (Å²) in [5, 5.41) is -0.269. The van der Waals surface area contributed by atoms with Crippen LogP contribution in [0.25, 0.3) is 0 Å². The predicted molar refractivity (Wildman–Crippen MR) is 71.3 cm³/mol. The first-order valence-electron chi connectivity index (χ1n) is 5.89. The van der Waals surface area contributed by atoms with Gasteiger partial charge in [0.1, 0.15) is 5.92 Å². The molecule has 1 aromatic carbocycles. The normalized spacial score (nSPS) is 21.7. The van der Waals surface area contributed by atoms with Gasteiger partial charge in [0, 0.05) is 15.7 Å². The molecule has 0 saturated heterocycles. The molecule has 100 valence electrons. The molecule has 0 amide bonds. The minimum atomic E-state index is -0.957. The van der Waals surface area contributed by atoms with E-state index in [-0.39, 0.29) is 11.0 Å². The summed E-state index contributed by atoms with van der Waals surface area (Å²) in [7, 11) is 1.14. The minimum Gasteiger partial charge on any atom is -0.463 e. The summed E-state index contributed by atoms with van der Waals surface area (Å²) in [6, 6.07) is 5.56. The van der Waals surface area contributed by atoms with Gasteiger partial charge >= 0.3 is 5.97 Å². The first-order valence-corrected chi connectivity index (χ1v) is 6.77. The van der Waals surface area contributed by atoms with Crippen LogP contribution in [0.5, 0.6) is 0 Å². The van der Waals surface area contributed by atoms with Crippen molar-refractivity contribution >= 4 is 29.3 Å². The standard InChI is InChI=1S/C14H14O4S/c1-7-4-5-10-9(6-7)12(15)11(8(2)19-10)13(16)14(17)18-3/h4-6,8,11H,1-3H3. The van der Waals surface area contributed by atoms with Crippen LogP contribution < -0.4 is 0 Å². The molecule has 2 atom stereocenters. The Morgan fingerprint density at radius 1 is 1.32 bits per heavy atom. The maximum atomic E-state index is 12.4. The van der Waals surface area contributed by atoms with E-state index in [0.29, 0.717) is 5.56 Å². The van der Waals surface area contributed by atoms with E-state index in [9.17, 15) is 14.4 Å². The van der Waals surface area contributed by atoms with Crippen molar-refractivity contribution in [3.05, 3.63) is 29.3 Å². The summed E-state index contributed by atoms with van der Waals surface area (Å²) in [6.07, 6.45) is 0. The third kappa shape index (κ3) is 2.42. The Morgan fingerprint density at radius 3 is 2.63 bits per heavy atom. The van der Waals surface area contributed by atoms with Crippen LogP contribution in [-0.4, -0.2) is 29.9 Å². The van der Waals surface area contributed by atoms with Crippen molar-refractivity contribution in [1.29, 1.82) is 0 Å². The Morgan fingerprint density at radius 2 is 2.00 bits per heavy atom.